The molecule has 0 saturated heterocycles. The molecule has 0 unspecified atom stereocenters. The predicted octanol–water partition coefficient (Wildman–Crippen LogP) is 6.28. The average molecular weight is 319 g/mol. The van der Waals surface area contributed by atoms with Gasteiger partial charge in [-0.05, 0) is 68.2 Å². The van der Waals surface area contributed by atoms with E-state index in [1.54, 1.807) is 0 Å². The van der Waals surface area contributed by atoms with Crippen molar-refractivity contribution in [2.45, 2.75) is 53.9 Å². The lowest BCUT2D eigenvalue weighted by Gasteiger charge is -2.32. The molecular weight excluding hydrogens is 292 g/mol. The highest BCUT2D eigenvalue weighted by Gasteiger charge is 2.26. The van der Waals surface area contributed by atoms with Gasteiger partial charge in [-0.25, -0.2) is 0 Å². The first kappa shape index (κ1) is 18.7. The van der Waals surface area contributed by atoms with Crippen molar-refractivity contribution in [3.63, 3.8) is 0 Å². The maximum absolute atomic E-state index is 10.7. The molecule has 0 N–H and O–H groups in total. The molecule has 0 aromatic rings. The van der Waals surface area contributed by atoms with Gasteiger partial charge in [-0.2, -0.15) is 0 Å². The van der Waals surface area contributed by atoms with Gasteiger partial charge in [-0.15, -0.1) is 0 Å². The Labute approximate surface area is 140 Å². The molecule has 0 amide bonds. The van der Waals surface area contributed by atoms with Gasteiger partial charge >= 0.3 is 0 Å². The highest BCUT2D eigenvalue weighted by Crippen LogP contribution is 2.40. The number of halogens is 1. The molecule has 0 aliphatic heterocycles. The molecule has 0 fully saturated rings. The van der Waals surface area contributed by atoms with Crippen molar-refractivity contribution in [3.8, 4) is 0 Å². The van der Waals surface area contributed by atoms with Crippen molar-refractivity contribution < 1.29 is 4.79 Å². The van der Waals surface area contributed by atoms with Gasteiger partial charge in [0.25, 0.3) is 0 Å². The molecule has 0 heterocycles. The summed E-state index contributed by atoms with van der Waals surface area (Å²) in [6.07, 6.45) is 15.5. The SMILES string of the molecule is CC1=C(/C=C/C(C)=C/C=C/C(C)=C\C(=O)Cl)C(C)(C)CCC1. The minimum absolute atomic E-state index is 0.273. The van der Waals surface area contributed by atoms with Gasteiger partial charge in [0.05, 0.1) is 0 Å². The molecule has 22 heavy (non-hydrogen) atoms. The standard InChI is InChI=1S/C20H27ClO/c1-15(8-6-9-16(2)14-19(21)22)11-12-18-17(3)10-7-13-20(18,4)5/h6,8-9,11-12,14H,7,10,13H2,1-5H3/b9-6+,12-11+,15-8+,16-14-. The van der Waals surface area contributed by atoms with Crippen LogP contribution in [-0.2, 0) is 4.79 Å². The summed E-state index contributed by atoms with van der Waals surface area (Å²) >= 11 is 5.31. The van der Waals surface area contributed by atoms with Crippen LogP contribution in [0.1, 0.15) is 53.9 Å². The lowest BCUT2D eigenvalue weighted by Crippen LogP contribution is -2.19. The van der Waals surface area contributed by atoms with Gasteiger partial charge in [0, 0.05) is 6.08 Å². The van der Waals surface area contributed by atoms with Crippen LogP contribution >= 0.6 is 11.6 Å². The van der Waals surface area contributed by atoms with E-state index >= 15 is 0 Å². The lowest BCUT2D eigenvalue weighted by molar-refractivity contribution is -0.107. The second-order valence-electron chi connectivity index (χ2n) is 6.73. The van der Waals surface area contributed by atoms with Crippen molar-refractivity contribution in [1.82, 2.24) is 0 Å². The van der Waals surface area contributed by atoms with E-state index in [-0.39, 0.29) is 5.41 Å². The molecule has 0 radical (unpaired) electrons. The number of carbonyl (C=O) groups is 1. The van der Waals surface area contributed by atoms with Crippen LogP contribution in [0, 0.1) is 5.41 Å². The number of carbonyl (C=O) groups excluding carboxylic acids is 1. The Bertz CT molecular complexity index is 569. The van der Waals surface area contributed by atoms with Gasteiger partial charge in [-0.1, -0.05) is 55.4 Å². The maximum Gasteiger partial charge on any atom is 0.245 e. The number of allylic oxidation sites excluding steroid dienone is 10. The molecule has 2 heteroatoms. The van der Waals surface area contributed by atoms with Crippen molar-refractivity contribution in [2.24, 2.45) is 5.41 Å². The van der Waals surface area contributed by atoms with Crippen LogP contribution in [-0.4, -0.2) is 5.24 Å². The first-order chi connectivity index (χ1) is 10.2. The Morgan fingerprint density at radius 1 is 1.18 bits per heavy atom. The number of hydrogen-bond donors (Lipinski definition) is 0. The smallest absolute Gasteiger partial charge is 0.245 e. The summed E-state index contributed by atoms with van der Waals surface area (Å²) in [4.78, 5) is 10.7. The topological polar surface area (TPSA) is 17.1 Å². The minimum Gasteiger partial charge on any atom is -0.276 e. The molecule has 0 aromatic carbocycles. The van der Waals surface area contributed by atoms with Crippen LogP contribution in [0.2, 0.25) is 0 Å². The highest BCUT2D eigenvalue weighted by molar-refractivity contribution is 6.66. The van der Waals surface area contributed by atoms with E-state index in [9.17, 15) is 4.79 Å². The van der Waals surface area contributed by atoms with Crippen LogP contribution < -0.4 is 0 Å². The van der Waals surface area contributed by atoms with Gasteiger partial charge in [0.15, 0.2) is 0 Å². The van der Waals surface area contributed by atoms with Gasteiger partial charge < -0.3 is 0 Å². The second kappa shape index (κ2) is 8.33. The number of rotatable bonds is 5. The van der Waals surface area contributed by atoms with Gasteiger partial charge in [0.2, 0.25) is 5.24 Å². The van der Waals surface area contributed by atoms with Crippen LogP contribution in [0.4, 0.5) is 0 Å². The van der Waals surface area contributed by atoms with Crippen LogP contribution in [0.15, 0.2) is 58.7 Å². The molecule has 0 aromatic heterocycles. The summed E-state index contributed by atoms with van der Waals surface area (Å²) in [7, 11) is 0. The first-order valence-corrected chi connectivity index (χ1v) is 8.21. The monoisotopic (exact) mass is 318 g/mol. The fourth-order valence-electron chi connectivity index (χ4n) is 2.86. The Hall–Kier alpha value is -1.34. The summed E-state index contributed by atoms with van der Waals surface area (Å²) < 4.78 is 0. The second-order valence-corrected chi connectivity index (χ2v) is 7.10. The molecule has 0 atom stereocenters. The van der Waals surface area contributed by atoms with Crippen molar-refractivity contribution in [3.05, 3.63) is 58.7 Å². The van der Waals surface area contributed by atoms with E-state index in [0.29, 0.717) is 0 Å². The largest absolute Gasteiger partial charge is 0.276 e. The van der Waals surface area contributed by atoms with Crippen LogP contribution in [0.3, 0.4) is 0 Å². The van der Waals surface area contributed by atoms with E-state index in [4.69, 9.17) is 11.6 Å². The van der Waals surface area contributed by atoms with Gasteiger partial charge in [-0.3, -0.25) is 4.79 Å². The third-order valence-electron chi connectivity index (χ3n) is 4.11. The lowest BCUT2D eigenvalue weighted by atomic mass is 9.72. The fourth-order valence-corrected chi connectivity index (χ4v) is 3.03. The molecule has 1 aliphatic rings. The van der Waals surface area contributed by atoms with E-state index in [0.717, 1.165) is 5.57 Å². The summed E-state index contributed by atoms with van der Waals surface area (Å²) in [5, 5.41) is -0.440. The molecule has 120 valence electrons. The zero-order valence-corrected chi connectivity index (χ0v) is 15.1. The summed E-state index contributed by atoms with van der Waals surface area (Å²) in [6, 6.07) is 0. The van der Waals surface area contributed by atoms with Crippen LogP contribution in [0.5, 0.6) is 0 Å². The minimum atomic E-state index is -0.440. The molecular formula is C20H27ClO. The first-order valence-electron chi connectivity index (χ1n) is 7.83. The van der Waals surface area contributed by atoms with E-state index in [1.165, 1.54) is 42.1 Å². The van der Waals surface area contributed by atoms with E-state index in [2.05, 4.69) is 39.8 Å². The van der Waals surface area contributed by atoms with Gasteiger partial charge in [0.1, 0.15) is 0 Å². The zero-order valence-electron chi connectivity index (χ0n) is 14.4. The molecule has 1 nitrogen and oxygen atoms in total. The fraction of sp³-hybridized carbons (Fsp3) is 0.450. The summed E-state index contributed by atoms with van der Waals surface area (Å²) in [5.74, 6) is 0. The highest BCUT2D eigenvalue weighted by atomic mass is 35.5. The number of hydrogen-bond acceptors (Lipinski definition) is 1. The molecule has 0 spiro atoms. The molecule has 1 rings (SSSR count). The third-order valence-corrected chi connectivity index (χ3v) is 4.22. The maximum atomic E-state index is 10.7. The Morgan fingerprint density at radius 2 is 1.86 bits per heavy atom. The quantitative estimate of drug-likeness (QED) is 0.331. The Morgan fingerprint density at radius 3 is 2.45 bits per heavy atom. The molecule has 0 saturated carbocycles. The normalized spacial score (nSPS) is 20.3. The predicted molar refractivity (Wildman–Crippen MR) is 97.0 cm³/mol. The molecule has 1 aliphatic carbocycles. The Balaban J connectivity index is 2.79. The van der Waals surface area contributed by atoms with E-state index in [1.807, 2.05) is 25.2 Å². The van der Waals surface area contributed by atoms with Crippen molar-refractivity contribution in [1.29, 1.82) is 0 Å². The molecule has 0 bridgehead atoms. The summed E-state index contributed by atoms with van der Waals surface area (Å²) in [6.45, 7) is 10.8. The summed E-state index contributed by atoms with van der Waals surface area (Å²) in [5.41, 5.74) is 5.28. The third kappa shape index (κ3) is 6.19. The van der Waals surface area contributed by atoms with Crippen LogP contribution in [0.25, 0.3) is 0 Å². The van der Waals surface area contributed by atoms with E-state index < -0.39 is 5.24 Å². The van der Waals surface area contributed by atoms with Crippen molar-refractivity contribution in [2.75, 3.05) is 0 Å². The van der Waals surface area contributed by atoms with Crippen molar-refractivity contribution >= 4 is 16.8 Å². The average Bonchev–Trinajstić information content (AvgIpc) is 2.36. The zero-order chi connectivity index (χ0) is 16.8. The Kier molecular flexibility index (Phi) is 7.09.